The summed E-state index contributed by atoms with van der Waals surface area (Å²) in [6, 6.07) is 3.80. The van der Waals surface area contributed by atoms with E-state index in [1.165, 1.54) is 18.6 Å². The lowest BCUT2D eigenvalue weighted by molar-refractivity contribution is 0.637. The predicted octanol–water partition coefficient (Wildman–Crippen LogP) is 3.22. The maximum atomic E-state index is 5.94. The van der Waals surface area contributed by atoms with E-state index in [0.717, 1.165) is 29.5 Å². The third-order valence-electron chi connectivity index (χ3n) is 2.72. The van der Waals surface area contributed by atoms with Gasteiger partial charge in [-0.3, -0.25) is 0 Å². The lowest BCUT2D eigenvalue weighted by atomic mass is 10.3. The van der Waals surface area contributed by atoms with Gasteiger partial charge in [0.05, 0.1) is 10.7 Å². The molecule has 2 heterocycles. The average molecular weight is 284 g/mol. The molecule has 0 aliphatic carbocycles. The Morgan fingerprint density at radius 1 is 1.33 bits per heavy atom. The molecule has 0 aliphatic heterocycles. The molecule has 0 aliphatic rings. The summed E-state index contributed by atoms with van der Waals surface area (Å²) in [6.07, 6.45) is 8.55. The van der Waals surface area contributed by atoms with E-state index in [1.807, 2.05) is 40.7 Å². The molecule has 1 N–H and O–H groups in total. The Labute approximate surface area is 117 Å². The van der Waals surface area contributed by atoms with Crippen molar-refractivity contribution in [3.8, 4) is 0 Å². The Balaban J connectivity index is 1.81. The van der Waals surface area contributed by atoms with E-state index in [-0.39, 0.29) is 0 Å². The zero-order chi connectivity index (χ0) is 12.8. The third-order valence-corrected chi connectivity index (χ3v) is 3.64. The van der Waals surface area contributed by atoms with Crippen LogP contribution in [0.3, 0.4) is 0 Å². The number of fused-ring (bicyclic) bond motifs is 1. The molecule has 0 spiro atoms. The van der Waals surface area contributed by atoms with Crippen LogP contribution < -0.4 is 5.32 Å². The third kappa shape index (κ3) is 3.90. The van der Waals surface area contributed by atoms with Gasteiger partial charge in [0.2, 0.25) is 0 Å². The largest absolute Gasteiger partial charge is 0.311 e. The molecule has 0 fully saturated rings. The fourth-order valence-corrected chi connectivity index (χ4v) is 2.48. The Bertz CT molecular complexity index is 498. The van der Waals surface area contributed by atoms with Gasteiger partial charge in [-0.25, -0.2) is 4.98 Å². The number of hydrogen-bond acceptors (Lipinski definition) is 3. The Hall–Kier alpha value is -0.710. The second-order valence-corrected chi connectivity index (χ2v) is 5.64. The smallest absolute Gasteiger partial charge is 0.137 e. The lowest BCUT2D eigenvalue weighted by Gasteiger charge is -2.01. The maximum Gasteiger partial charge on any atom is 0.137 e. The molecule has 0 saturated heterocycles. The summed E-state index contributed by atoms with van der Waals surface area (Å²) in [5, 5.41) is 4.15. The van der Waals surface area contributed by atoms with Crippen molar-refractivity contribution in [2.24, 2.45) is 0 Å². The average Bonchev–Trinajstić information content (AvgIpc) is 2.75. The first-order valence-electron chi connectivity index (χ1n) is 6.12. The van der Waals surface area contributed by atoms with Crippen LogP contribution in [0.2, 0.25) is 5.02 Å². The van der Waals surface area contributed by atoms with E-state index in [9.17, 15) is 0 Å². The van der Waals surface area contributed by atoms with Gasteiger partial charge < -0.3 is 9.72 Å². The van der Waals surface area contributed by atoms with Crippen LogP contribution >= 0.6 is 23.4 Å². The highest BCUT2D eigenvalue weighted by Gasteiger charge is 2.01. The summed E-state index contributed by atoms with van der Waals surface area (Å²) in [5.74, 6) is 1.24. The molecule has 2 rings (SSSR count). The second kappa shape index (κ2) is 7.02. The highest BCUT2D eigenvalue weighted by atomic mass is 35.5. The molecule has 0 atom stereocenters. The van der Waals surface area contributed by atoms with Crippen LogP contribution in [-0.4, -0.2) is 27.9 Å². The lowest BCUT2D eigenvalue weighted by Crippen LogP contribution is -2.15. The first-order chi connectivity index (χ1) is 8.79. The molecular formula is C13H18ClN3S. The summed E-state index contributed by atoms with van der Waals surface area (Å²) in [6.45, 7) is 1.87. The normalized spacial score (nSPS) is 11.2. The number of nitrogens with one attached hydrogen (secondary N) is 1. The highest BCUT2D eigenvalue weighted by Crippen LogP contribution is 2.11. The molecule has 0 radical (unpaired) electrons. The van der Waals surface area contributed by atoms with Gasteiger partial charge in [0, 0.05) is 18.9 Å². The molecule has 0 saturated carbocycles. The van der Waals surface area contributed by atoms with Crippen molar-refractivity contribution in [2.75, 3.05) is 18.6 Å². The Morgan fingerprint density at radius 3 is 3.06 bits per heavy atom. The quantitative estimate of drug-likeness (QED) is 0.791. The van der Waals surface area contributed by atoms with Crippen molar-refractivity contribution in [1.82, 2.24) is 14.7 Å². The molecule has 5 heteroatoms. The van der Waals surface area contributed by atoms with Crippen molar-refractivity contribution < 1.29 is 0 Å². The van der Waals surface area contributed by atoms with Crippen molar-refractivity contribution >= 4 is 29.0 Å². The summed E-state index contributed by atoms with van der Waals surface area (Å²) < 4.78 is 1.97. The van der Waals surface area contributed by atoms with Gasteiger partial charge in [-0.15, -0.1) is 0 Å². The number of pyridine rings is 1. The zero-order valence-electron chi connectivity index (χ0n) is 10.5. The van der Waals surface area contributed by atoms with Crippen LogP contribution in [0.5, 0.6) is 0 Å². The standard InChI is InChI=1S/C13H18ClN3S/c1-18-7-3-2-6-15-8-12-10-17-9-11(14)4-5-13(17)16-12/h4-5,9-10,15H,2-3,6-8H2,1H3. The highest BCUT2D eigenvalue weighted by molar-refractivity contribution is 7.98. The van der Waals surface area contributed by atoms with E-state index < -0.39 is 0 Å². The number of nitrogens with zero attached hydrogens (tertiary/aromatic N) is 2. The molecule has 0 amide bonds. The minimum Gasteiger partial charge on any atom is -0.311 e. The zero-order valence-corrected chi connectivity index (χ0v) is 12.1. The van der Waals surface area contributed by atoms with Crippen LogP contribution in [0.15, 0.2) is 24.5 Å². The fourth-order valence-electron chi connectivity index (χ4n) is 1.82. The summed E-state index contributed by atoms with van der Waals surface area (Å²) in [5.41, 5.74) is 2.00. The molecule has 3 nitrogen and oxygen atoms in total. The predicted molar refractivity (Wildman–Crippen MR) is 79.5 cm³/mol. The van der Waals surface area contributed by atoms with Gasteiger partial charge in [-0.1, -0.05) is 11.6 Å². The number of aromatic nitrogens is 2. The van der Waals surface area contributed by atoms with Gasteiger partial charge in [0.15, 0.2) is 0 Å². The van der Waals surface area contributed by atoms with Crippen molar-refractivity contribution in [3.63, 3.8) is 0 Å². The maximum absolute atomic E-state index is 5.94. The second-order valence-electron chi connectivity index (χ2n) is 4.22. The van der Waals surface area contributed by atoms with Gasteiger partial charge >= 0.3 is 0 Å². The fraction of sp³-hybridized carbons (Fsp3) is 0.462. The van der Waals surface area contributed by atoms with Crippen molar-refractivity contribution in [3.05, 3.63) is 35.2 Å². The first-order valence-corrected chi connectivity index (χ1v) is 7.89. The van der Waals surface area contributed by atoms with E-state index in [4.69, 9.17) is 11.6 Å². The molecule has 2 aromatic rings. The molecule has 18 heavy (non-hydrogen) atoms. The van der Waals surface area contributed by atoms with Crippen molar-refractivity contribution in [1.29, 1.82) is 0 Å². The summed E-state index contributed by atoms with van der Waals surface area (Å²) >= 11 is 7.84. The number of unbranched alkanes of at least 4 members (excludes halogenated alkanes) is 1. The molecule has 0 bridgehead atoms. The number of rotatable bonds is 7. The van der Waals surface area contributed by atoms with Gasteiger partial charge in [-0.05, 0) is 43.5 Å². The molecule has 98 valence electrons. The molecule has 2 aromatic heterocycles. The van der Waals surface area contributed by atoms with Crippen LogP contribution in [0, 0.1) is 0 Å². The van der Waals surface area contributed by atoms with Gasteiger partial charge in [0.1, 0.15) is 5.65 Å². The van der Waals surface area contributed by atoms with Crippen LogP contribution in [0.1, 0.15) is 18.5 Å². The van der Waals surface area contributed by atoms with E-state index in [2.05, 4.69) is 16.6 Å². The monoisotopic (exact) mass is 283 g/mol. The van der Waals surface area contributed by atoms with Crippen molar-refractivity contribution in [2.45, 2.75) is 19.4 Å². The van der Waals surface area contributed by atoms with Crippen LogP contribution in [-0.2, 0) is 6.54 Å². The Morgan fingerprint density at radius 2 is 2.22 bits per heavy atom. The molecule has 0 aromatic carbocycles. The minimum absolute atomic E-state index is 0.733. The molecular weight excluding hydrogens is 266 g/mol. The van der Waals surface area contributed by atoms with Gasteiger partial charge in [0.25, 0.3) is 0 Å². The Kier molecular flexibility index (Phi) is 5.35. The van der Waals surface area contributed by atoms with Crippen LogP contribution in [0.4, 0.5) is 0 Å². The van der Waals surface area contributed by atoms with E-state index in [1.54, 1.807) is 0 Å². The van der Waals surface area contributed by atoms with Gasteiger partial charge in [-0.2, -0.15) is 11.8 Å². The van der Waals surface area contributed by atoms with E-state index >= 15 is 0 Å². The number of hydrogen-bond donors (Lipinski definition) is 1. The number of halogens is 1. The SMILES string of the molecule is CSCCCCNCc1cn2cc(Cl)ccc2n1. The van der Waals surface area contributed by atoms with Crippen LogP contribution in [0.25, 0.3) is 5.65 Å². The first kappa shape index (κ1) is 13.7. The summed E-state index contributed by atoms with van der Waals surface area (Å²) in [7, 11) is 0. The number of thioether (sulfide) groups is 1. The topological polar surface area (TPSA) is 29.3 Å². The van der Waals surface area contributed by atoms with E-state index in [0.29, 0.717) is 0 Å². The minimum atomic E-state index is 0.733. The number of imidazole rings is 1. The summed E-state index contributed by atoms with van der Waals surface area (Å²) in [4.78, 5) is 4.53. The molecule has 0 unspecified atom stereocenters.